The van der Waals surface area contributed by atoms with Gasteiger partial charge < -0.3 is 10.2 Å². The van der Waals surface area contributed by atoms with Gasteiger partial charge in [0, 0.05) is 32.0 Å². The quantitative estimate of drug-likeness (QED) is 0.135. The number of hydrogen-bond donors (Lipinski definition) is 2. The predicted octanol–water partition coefficient (Wildman–Crippen LogP) is 15.1. The molecule has 282 valence electrons. The highest BCUT2D eigenvalue weighted by atomic mass is 32.2. The van der Waals surface area contributed by atoms with Crippen LogP contribution in [0.2, 0.25) is 0 Å². The van der Waals surface area contributed by atoms with E-state index in [9.17, 15) is 10.2 Å². The highest BCUT2D eigenvalue weighted by molar-refractivity contribution is 8.02. The topological polar surface area (TPSA) is 40.5 Å². The van der Waals surface area contributed by atoms with Crippen molar-refractivity contribution in [2.45, 2.75) is 34.1 Å². The van der Waals surface area contributed by atoms with Crippen LogP contribution >= 0.6 is 23.5 Å². The fourth-order valence-electron chi connectivity index (χ4n) is 8.12. The molecular formula is C54H42O2S2. The van der Waals surface area contributed by atoms with Crippen LogP contribution in [0.3, 0.4) is 0 Å². The first-order valence-electron chi connectivity index (χ1n) is 19.6. The fourth-order valence-corrected chi connectivity index (χ4v) is 10.8. The first-order chi connectivity index (χ1) is 28.4. The minimum Gasteiger partial charge on any atom is -0.507 e. The number of rotatable bonds is 10. The SMILES string of the molecule is Cc1cc(-c2cccc3ccccc23)c(O)c(C(Sc2ccccc2SC(c2ccccc2)c2cc(C)cc(-c3cccc4ccccc34)c2O)c2ccccc2)c1. The molecule has 4 heteroatoms. The number of thioether (sulfide) groups is 2. The molecule has 9 aromatic carbocycles. The molecule has 0 heterocycles. The van der Waals surface area contributed by atoms with Gasteiger partial charge in [0.05, 0.1) is 10.5 Å². The van der Waals surface area contributed by atoms with Gasteiger partial charge in [0.25, 0.3) is 0 Å². The van der Waals surface area contributed by atoms with Crippen LogP contribution in [0, 0.1) is 13.8 Å². The smallest absolute Gasteiger partial charge is 0.128 e. The van der Waals surface area contributed by atoms with Crippen molar-refractivity contribution >= 4 is 45.1 Å². The Morgan fingerprint density at radius 2 is 0.724 bits per heavy atom. The minimum absolute atomic E-state index is 0.211. The van der Waals surface area contributed by atoms with Crippen molar-refractivity contribution in [2.75, 3.05) is 0 Å². The summed E-state index contributed by atoms with van der Waals surface area (Å²) in [5.74, 6) is 0.586. The molecule has 2 atom stereocenters. The average Bonchev–Trinajstić information content (AvgIpc) is 3.27. The number of hydrogen-bond acceptors (Lipinski definition) is 4. The second-order valence-electron chi connectivity index (χ2n) is 14.8. The number of aromatic hydroxyl groups is 2. The van der Waals surface area contributed by atoms with Crippen LogP contribution < -0.4 is 0 Å². The number of phenols is 2. The third-order valence-electron chi connectivity index (χ3n) is 10.8. The van der Waals surface area contributed by atoms with E-state index in [1.54, 1.807) is 23.5 Å². The van der Waals surface area contributed by atoms with E-state index in [2.05, 4.69) is 196 Å². The molecule has 0 aliphatic heterocycles. The molecule has 9 aromatic rings. The van der Waals surface area contributed by atoms with Gasteiger partial charge in [0.2, 0.25) is 0 Å². The molecule has 2 unspecified atom stereocenters. The van der Waals surface area contributed by atoms with Crippen molar-refractivity contribution in [3.8, 4) is 33.8 Å². The third kappa shape index (κ3) is 7.38. The van der Waals surface area contributed by atoms with Crippen molar-refractivity contribution in [1.82, 2.24) is 0 Å². The van der Waals surface area contributed by atoms with E-state index in [1.165, 1.54) is 0 Å². The van der Waals surface area contributed by atoms with Gasteiger partial charge in [-0.15, -0.1) is 23.5 Å². The highest BCUT2D eigenvalue weighted by Gasteiger charge is 2.27. The molecule has 0 radical (unpaired) electrons. The van der Waals surface area contributed by atoms with Gasteiger partial charge in [-0.05, 0) is 93.0 Å². The predicted molar refractivity (Wildman–Crippen MR) is 246 cm³/mol. The maximum Gasteiger partial charge on any atom is 0.128 e. The molecule has 0 aromatic heterocycles. The van der Waals surface area contributed by atoms with Gasteiger partial charge >= 0.3 is 0 Å². The zero-order valence-corrected chi connectivity index (χ0v) is 34.0. The van der Waals surface area contributed by atoms with E-state index in [-0.39, 0.29) is 10.5 Å². The largest absolute Gasteiger partial charge is 0.507 e. The maximum absolute atomic E-state index is 12.3. The van der Waals surface area contributed by atoms with Crippen LogP contribution in [0.4, 0.5) is 0 Å². The zero-order valence-electron chi connectivity index (χ0n) is 32.3. The Morgan fingerprint density at radius 3 is 1.16 bits per heavy atom. The molecule has 58 heavy (non-hydrogen) atoms. The van der Waals surface area contributed by atoms with Crippen LogP contribution in [0.25, 0.3) is 43.8 Å². The van der Waals surface area contributed by atoms with E-state index in [0.717, 1.165) is 87.0 Å². The summed E-state index contributed by atoms with van der Waals surface area (Å²) >= 11 is 3.50. The van der Waals surface area contributed by atoms with Crippen LogP contribution in [-0.4, -0.2) is 10.2 Å². The van der Waals surface area contributed by atoms with Gasteiger partial charge in [-0.3, -0.25) is 0 Å². The van der Waals surface area contributed by atoms with Crippen molar-refractivity contribution < 1.29 is 10.2 Å². The van der Waals surface area contributed by atoms with Crippen molar-refractivity contribution in [3.63, 3.8) is 0 Å². The Hall–Kier alpha value is -6.20. The molecule has 0 bridgehead atoms. The van der Waals surface area contributed by atoms with Crippen molar-refractivity contribution in [1.29, 1.82) is 0 Å². The van der Waals surface area contributed by atoms with E-state index in [1.807, 2.05) is 12.1 Å². The summed E-state index contributed by atoms with van der Waals surface area (Å²) in [6.07, 6.45) is 0. The zero-order chi connectivity index (χ0) is 39.6. The highest BCUT2D eigenvalue weighted by Crippen LogP contribution is 2.53. The first kappa shape index (κ1) is 37.4. The Bertz CT molecular complexity index is 2690. The molecule has 2 N–H and O–H groups in total. The molecule has 0 amide bonds. The van der Waals surface area contributed by atoms with Gasteiger partial charge in [-0.1, -0.05) is 170 Å². The minimum atomic E-state index is -0.211. The Kier molecular flexibility index (Phi) is 10.5. The normalized spacial score (nSPS) is 12.4. The van der Waals surface area contributed by atoms with E-state index >= 15 is 0 Å². The van der Waals surface area contributed by atoms with Crippen molar-refractivity contribution in [2.24, 2.45) is 0 Å². The molecule has 0 saturated heterocycles. The van der Waals surface area contributed by atoms with Crippen LogP contribution in [0.1, 0.15) is 43.9 Å². The van der Waals surface area contributed by atoms with Crippen molar-refractivity contribution in [3.05, 3.63) is 228 Å². The molecule has 0 spiro atoms. The third-order valence-corrected chi connectivity index (χ3v) is 13.7. The van der Waals surface area contributed by atoms with Crippen LogP contribution in [0.5, 0.6) is 11.5 Å². The van der Waals surface area contributed by atoms with Gasteiger partial charge in [0.15, 0.2) is 0 Å². The Balaban J connectivity index is 1.16. The average molecular weight is 787 g/mol. The number of phenolic OH excluding ortho intramolecular Hbond substituents is 2. The number of fused-ring (bicyclic) bond motifs is 2. The van der Waals surface area contributed by atoms with Gasteiger partial charge in [-0.25, -0.2) is 0 Å². The second kappa shape index (κ2) is 16.3. The molecule has 9 rings (SSSR count). The molecule has 2 nitrogen and oxygen atoms in total. The van der Waals surface area contributed by atoms with E-state index in [0.29, 0.717) is 11.5 Å². The summed E-state index contributed by atoms with van der Waals surface area (Å²) in [4.78, 5) is 2.19. The first-order valence-corrected chi connectivity index (χ1v) is 21.3. The lowest BCUT2D eigenvalue weighted by molar-refractivity contribution is 0.470. The van der Waals surface area contributed by atoms with Gasteiger partial charge in [-0.2, -0.15) is 0 Å². The molecule has 0 aliphatic carbocycles. The number of aryl methyl sites for hydroxylation is 2. The summed E-state index contributed by atoms with van der Waals surface area (Å²) < 4.78 is 0. The van der Waals surface area contributed by atoms with Crippen LogP contribution in [0.15, 0.2) is 204 Å². The molecule has 0 fully saturated rings. The van der Waals surface area contributed by atoms with E-state index < -0.39 is 0 Å². The Morgan fingerprint density at radius 1 is 0.362 bits per heavy atom. The summed E-state index contributed by atoms with van der Waals surface area (Å²) in [6.45, 7) is 4.22. The lowest BCUT2D eigenvalue weighted by atomic mass is 9.92. The van der Waals surface area contributed by atoms with Gasteiger partial charge in [0.1, 0.15) is 11.5 Å². The maximum atomic E-state index is 12.3. The molecule has 0 aliphatic rings. The standard InChI is InChI=1S/C54H42O2S2/c1-35-31-45(43-27-15-23-37-17-9-11-25-41(37)43)51(55)47(33-35)53(39-19-5-3-6-20-39)57-49-29-13-14-30-50(49)58-54(40-21-7-4-8-22-40)48-34-36(2)32-46(52(48)56)44-28-16-24-38-18-10-12-26-42(38)44/h3-34,53-56H,1-2H3. The second-order valence-corrected chi connectivity index (χ2v) is 17.1. The number of benzene rings is 9. The lowest BCUT2D eigenvalue weighted by Gasteiger charge is -2.25. The lowest BCUT2D eigenvalue weighted by Crippen LogP contribution is -2.02. The van der Waals surface area contributed by atoms with Crippen LogP contribution in [-0.2, 0) is 0 Å². The summed E-state index contributed by atoms with van der Waals surface area (Å²) in [7, 11) is 0. The molecular weight excluding hydrogens is 745 g/mol. The summed E-state index contributed by atoms with van der Waals surface area (Å²) in [6, 6.07) is 67.3. The summed E-state index contributed by atoms with van der Waals surface area (Å²) in [5.41, 5.74) is 9.81. The van der Waals surface area contributed by atoms with E-state index in [4.69, 9.17) is 0 Å². The fraction of sp³-hybridized carbons (Fsp3) is 0.0741. The summed E-state index contributed by atoms with van der Waals surface area (Å²) in [5, 5.41) is 28.8. The molecule has 0 saturated carbocycles. The monoisotopic (exact) mass is 786 g/mol. The Labute approximate surface area is 348 Å².